The molecule has 32 heavy (non-hydrogen) atoms. The van der Waals surface area contributed by atoms with Crippen LogP contribution in [0.2, 0.25) is 0 Å². The zero-order valence-corrected chi connectivity index (χ0v) is 17.7. The predicted octanol–water partition coefficient (Wildman–Crippen LogP) is 3.16. The summed E-state index contributed by atoms with van der Waals surface area (Å²) in [5, 5.41) is 5.31. The minimum atomic E-state index is -1.26. The van der Waals surface area contributed by atoms with Gasteiger partial charge in [0.1, 0.15) is 23.7 Å². The average Bonchev–Trinajstić information content (AvgIpc) is 3.04. The van der Waals surface area contributed by atoms with Crippen LogP contribution in [0, 0.1) is 0 Å². The van der Waals surface area contributed by atoms with Gasteiger partial charge in [0.05, 0.1) is 7.11 Å². The SMILES string of the molecule is COc1ccc(C2(C)NC(=O)N(CC(=O)Nc3ccc(-c4ccccc4)cn3)C2=O)cc1. The fourth-order valence-electron chi connectivity index (χ4n) is 3.56. The van der Waals surface area contributed by atoms with Crippen LogP contribution < -0.4 is 15.4 Å². The molecule has 4 rings (SSSR count). The summed E-state index contributed by atoms with van der Waals surface area (Å²) < 4.78 is 5.13. The maximum absolute atomic E-state index is 13.0. The van der Waals surface area contributed by atoms with E-state index in [9.17, 15) is 14.4 Å². The first-order chi connectivity index (χ1) is 15.4. The van der Waals surface area contributed by atoms with Crippen LogP contribution in [0.5, 0.6) is 5.75 Å². The fourth-order valence-corrected chi connectivity index (χ4v) is 3.56. The minimum Gasteiger partial charge on any atom is -0.497 e. The molecule has 1 aliphatic heterocycles. The molecule has 1 unspecified atom stereocenters. The third kappa shape index (κ3) is 4.02. The van der Waals surface area contributed by atoms with Gasteiger partial charge < -0.3 is 15.4 Å². The van der Waals surface area contributed by atoms with Gasteiger partial charge in [0, 0.05) is 11.8 Å². The van der Waals surface area contributed by atoms with E-state index in [1.807, 2.05) is 36.4 Å². The lowest BCUT2D eigenvalue weighted by Crippen LogP contribution is -2.42. The molecule has 2 aromatic carbocycles. The van der Waals surface area contributed by atoms with Crippen LogP contribution in [0.25, 0.3) is 11.1 Å². The number of ether oxygens (including phenoxy) is 1. The highest BCUT2D eigenvalue weighted by Crippen LogP contribution is 2.30. The lowest BCUT2D eigenvalue weighted by Gasteiger charge is -2.22. The Balaban J connectivity index is 1.42. The van der Waals surface area contributed by atoms with Crippen LogP contribution in [0.4, 0.5) is 10.6 Å². The number of pyridine rings is 1. The lowest BCUT2D eigenvalue weighted by molar-refractivity contribution is -0.133. The monoisotopic (exact) mass is 430 g/mol. The minimum absolute atomic E-state index is 0.333. The number of imide groups is 1. The number of carbonyl (C=O) groups excluding carboxylic acids is 3. The molecule has 1 atom stereocenters. The van der Waals surface area contributed by atoms with Crippen molar-refractivity contribution >= 4 is 23.7 Å². The number of nitrogens with one attached hydrogen (secondary N) is 2. The Bertz CT molecular complexity index is 1150. The first kappa shape index (κ1) is 21.0. The first-order valence-corrected chi connectivity index (χ1v) is 10.0. The molecule has 4 amide bonds. The van der Waals surface area contributed by atoms with Gasteiger partial charge in [-0.15, -0.1) is 0 Å². The van der Waals surface area contributed by atoms with E-state index < -0.39 is 29.9 Å². The zero-order valence-electron chi connectivity index (χ0n) is 17.7. The molecule has 8 nitrogen and oxygen atoms in total. The second-order valence-corrected chi connectivity index (χ2v) is 7.52. The number of amides is 4. The maximum atomic E-state index is 13.0. The van der Waals surface area contributed by atoms with Crippen molar-refractivity contribution in [2.75, 3.05) is 19.0 Å². The number of carbonyl (C=O) groups is 3. The van der Waals surface area contributed by atoms with Gasteiger partial charge in [0.15, 0.2) is 0 Å². The van der Waals surface area contributed by atoms with Gasteiger partial charge in [0.2, 0.25) is 5.91 Å². The van der Waals surface area contributed by atoms with E-state index in [0.29, 0.717) is 17.1 Å². The molecule has 1 saturated heterocycles. The van der Waals surface area contributed by atoms with Gasteiger partial charge in [-0.05, 0) is 42.3 Å². The molecule has 3 aromatic rings. The lowest BCUT2D eigenvalue weighted by atomic mass is 9.92. The quantitative estimate of drug-likeness (QED) is 0.585. The number of aromatic nitrogens is 1. The number of anilines is 1. The van der Waals surface area contributed by atoms with E-state index in [4.69, 9.17) is 4.74 Å². The van der Waals surface area contributed by atoms with Crippen LogP contribution in [0.15, 0.2) is 72.9 Å². The average molecular weight is 430 g/mol. The third-order valence-corrected chi connectivity index (χ3v) is 5.38. The molecule has 1 fully saturated rings. The summed E-state index contributed by atoms with van der Waals surface area (Å²) in [5.74, 6) is -0.0570. The maximum Gasteiger partial charge on any atom is 0.325 e. The Kier molecular flexibility index (Phi) is 5.59. The molecule has 2 heterocycles. The molecule has 1 aromatic heterocycles. The Hall–Kier alpha value is -4.20. The smallest absolute Gasteiger partial charge is 0.325 e. The van der Waals surface area contributed by atoms with Crippen molar-refractivity contribution in [3.63, 3.8) is 0 Å². The van der Waals surface area contributed by atoms with Gasteiger partial charge in [-0.3, -0.25) is 14.5 Å². The van der Waals surface area contributed by atoms with E-state index in [0.717, 1.165) is 16.0 Å². The summed E-state index contributed by atoms with van der Waals surface area (Å²) in [4.78, 5) is 43.1. The van der Waals surface area contributed by atoms with E-state index in [1.54, 1.807) is 50.6 Å². The number of rotatable bonds is 6. The van der Waals surface area contributed by atoms with E-state index in [-0.39, 0.29) is 0 Å². The van der Waals surface area contributed by atoms with Crippen LogP contribution >= 0.6 is 0 Å². The molecule has 0 saturated carbocycles. The molecular formula is C24H22N4O4. The van der Waals surface area contributed by atoms with Crippen molar-refractivity contribution in [2.45, 2.75) is 12.5 Å². The summed E-state index contributed by atoms with van der Waals surface area (Å²) in [7, 11) is 1.55. The number of nitrogens with zero attached hydrogens (tertiary/aromatic N) is 2. The Morgan fingerprint density at radius 1 is 1.03 bits per heavy atom. The molecule has 0 radical (unpaired) electrons. The summed E-state index contributed by atoms with van der Waals surface area (Å²) in [6, 6.07) is 19.4. The molecule has 2 N–H and O–H groups in total. The van der Waals surface area contributed by atoms with Gasteiger partial charge in [-0.25, -0.2) is 9.78 Å². The van der Waals surface area contributed by atoms with Gasteiger partial charge in [0.25, 0.3) is 5.91 Å². The van der Waals surface area contributed by atoms with E-state index in [2.05, 4.69) is 15.6 Å². The van der Waals surface area contributed by atoms with Crippen molar-refractivity contribution in [3.8, 4) is 16.9 Å². The van der Waals surface area contributed by atoms with E-state index in [1.165, 1.54) is 0 Å². The van der Waals surface area contributed by atoms with E-state index >= 15 is 0 Å². The van der Waals surface area contributed by atoms with Crippen molar-refractivity contribution in [2.24, 2.45) is 0 Å². The second kappa shape index (κ2) is 8.50. The number of hydrogen-bond donors (Lipinski definition) is 2. The number of hydrogen-bond acceptors (Lipinski definition) is 5. The number of urea groups is 1. The van der Waals surface area contributed by atoms with Crippen molar-refractivity contribution in [3.05, 3.63) is 78.5 Å². The zero-order chi connectivity index (χ0) is 22.7. The highest BCUT2D eigenvalue weighted by Gasteiger charge is 2.49. The highest BCUT2D eigenvalue weighted by atomic mass is 16.5. The van der Waals surface area contributed by atoms with Gasteiger partial charge >= 0.3 is 6.03 Å². The summed E-state index contributed by atoms with van der Waals surface area (Å²) >= 11 is 0. The van der Waals surface area contributed by atoms with Crippen LogP contribution in [-0.2, 0) is 15.1 Å². The van der Waals surface area contributed by atoms with Gasteiger partial charge in [-0.2, -0.15) is 0 Å². The molecule has 162 valence electrons. The molecule has 1 aliphatic rings. The molecule has 8 heteroatoms. The Morgan fingerprint density at radius 2 is 1.75 bits per heavy atom. The fraction of sp³-hybridized carbons (Fsp3) is 0.167. The Morgan fingerprint density at radius 3 is 2.38 bits per heavy atom. The van der Waals surface area contributed by atoms with Crippen LogP contribution in [-0.4, -0.2) is 41.4 Å². The van der Waals surface area contributed by atoms with Crippen LogP contribution in [0.3, 0.4) is 0 Å². The van der Waals surface area contributed by atoms with Crippen LogP contribution in [0.1, 0.15) is 12.5 Å². The largest absolute Gasteiger partial charge is 0.497 e. The summed E-state index contributed by atoms with van der Waals surface area (Å²) in [5.41, 5.74) is 1.25. The van der Waals surface area contributed by atoms with Crippen molar-refractivity contribution in [1.29, 1.82) is 0 Å². The summed E-state index contributed by atoms with van der Waals surface area (Å²) in [6.07, 6.45) is 1.65. The normalized spacial score (nSPS) is 17.8. The number of benzene rings is 2. The third-order valence-electron chi connectivity index (χ3n) is 5.38. The topological polar surface area (TPSA) is 101 Å². The molecule has 0 bridgehead atoms. The standard InChI is InChI=1S/C24H22N4O4/c1-24(18-9-11-19(32-2)12-10-18)22(30)28(23(31)27-24)15-21(29)26-20-13-8-17(14-25-20)16-6-4-3-5-7-16/h3-14H,15H2,1-2H3,(H,27,31)(H,25,26,29). The van der Waals surface area contributed by atoms with Crippen molar-refractivity contribution < 1.29 is 19.1 Å². The molecule has 0 aliphatic carbocycles. The highest BCUT2D eigenvalue weighted by molar-refractivity contribution is 6.10. The predicted molar refractivity (Wildman–Crippen MR) is 119 cm³/mol. The molecule has 0 spiro atoms. The first-order valence-electron chi connectivity index (χ1n) is 10.0. The number of methoxy groups -OCH3 is 1. The Labute approximate surface area is 185 Å². The summed E-state index contributed by atoms with van der Waals surface area (Å²) in [6.45, 7) is 1.19. The second-order valence-electron chi connectivity index (χ2n) is 7.52. The molecular weight excluding hydrogens is 408 g/mol. The van der Waals surface area contributed by atoms with Gasteiger partial charge in [-0.1, -0.05) is 42.5 Å². The van der Waals surface area contributed by atoms with Crippen molar-refractivity contribution in [1.82, 2.24) is 15.2 Å².